The minimum atomic E-state index is 0.0712. The quantitative estimate of drug-likeness (QED) is 0.224. The van der Waals surface area contributed by atoms with Crippen LogP contribution in [-0.4, -0.2) is 91.7 Å². The normalized spacial score (nSPS) is 16.4. The van der Waals surface area contributed by atoms with Crippen molar-refractivity contribution < 1.29 is 9.53 Å². The molecule has 0 saturated carbocycles. The lowest BCUT2D eigenvalue weighted by Gasteiger charge is -2.36. The minimum Gasteiger partial charge on any atom is -0.492 e. The van der Waals surface area contributed by atoms with Gasteiger partial charge >= 0.3 is 0 Å². The second-order valence-corrected chi connectivity index (χ2v) is 11.1. The molecule has 10 heteroatoms. The first-order valence-electron chi connectivity index (χ1n) is 13.5. The number of hydrogen-bond acceptors (Lipinski definition) is 8. The number of para-hydroxylation sites is 2. The van der Waals surface area contributed by atoms with E-state index in [1.165, 1.54) is 0 Å². The number of anilines is 2. The molecule has 0 radical (unpaired) electrons. The SMILES string of the molecule is CCOc1ccccc1N1CCN(C(=O)c2ccc(CSc3nc(Cl)cc(N4CCN(C)CC4)n3)cc2)CC1. The van der Waals surface area contributed by atoms with Gasteiger partial charge < -0.3 is 24.3 Å². The van der Waals surface area contributed by atoms with Crippen LogP contribution in [0.25, 0.3) is 0 Å². The average Bonchev–Trinajstić information content (AvgIpc) is 2.97. The fourth-order valence-corrected chi connectivity index (χ4v) is 5.90. The van der Waals surface area contributed by atoms with Crippen LogP contribution < -0.4 is 14.5 Å². The topological polar surface area (TPSA) is 65.0 Å². The van der Waals surface area contributed by atoms with Gasteiger partial charge in [-0.05, 0) is 43.8 Å². The summed E-state index contributed by atoms with van der Waals surface area (Å²) in [6.07, 6.45) is 0. The van der Waals surface area contributed by atoms with Gasteiger partial charge in [0, 0.05) is 69.7 Å². The number of ether oxygens (including phenoxy) is 1. The summed E-state index contributed by atoms with van der Waals surface area (Å²) < 4.78 is 5.79. The third-order valence-corrected chi connectivity index (χ3v) is 8.24. The first-order chi connectivity index (χ1) is 19.0. The molecule has 2 aliphatic rings. The summed E-state index contributed by atoms with van der Waals surface area (Å²) in [5.41, 5.74) is 2.91. The van der Waals surface area contributed by atoms with E-state index in [1.807, 2.05) is 60.4 Å². The lowest BCUT2D eigenvalue weighted by molar-refractivity contribution is 0.0746. The van der Waals surface area contributed by atoms with Crippen LogP contribution >= 0.6 is 23.4 Å². The zero-order chi connectivity index (χ0) is 27.2. The molecule has 1 amide bonds. The van der Waals surface area contributed by atoms with Crippen molar-refractivity contribution in [2.24, 2.45) is 0 Å². The van der Waals surface area contributed by atoms with Gasteiger partial charge in [0.2, 0.25) is 0 Å². The number of nitrogens with zero attached hydrogens (tertiary/aromatic N) is 6. The molecule has 8 nitrogen and oxygen atoms in total. The van der Waals surface area contributed by atoms with Crippen molar-refractivity contribution in [2.75, 3.05) is 75.8 Å². The molecule has 3 aromatic rings. The van der Waals surface area contributed by atoms with E-state index in [9.17, 15) is 4.79 Å². The Morgan fingerprint density at radius 2 is 1.62 bits per heavy atom. The van der Waals surface area contributed by atoms with Gasteiger partial charge in [-0.1, -0.05) is 47.6 Å². The van der Waals surface area contributed by atoms with Crippen LogP contribution in [0.4, 0.5) is 11.5 Å². The van der Waals surface area contributed by atoms with E-state index in [2.05, 4.69) is 32.8 Å². The third-order valence-electron chi connectivity index (χ3n) is 7.13. The molecule has 0 atom stereocenters. The maximum Gasteiger partial charge on any atom is 0.253 e. The van der Waals surface area contributed by atoms with Gasteiger partial charge in [-0.2, -0.15) is 0 Å². The lowest BCUT2D eigenvalue weighted by Crippen LogP contribution is -2.48. The van der Waals surface area contributed by atoms with Crippen LogP contribution in [0.1, 0.15) is 22.8 Å². The summed E-state index contributed by atoms with van der Waals surface area (Å²) in [7, 11) is 2.13. The van der Waals surface area contributed by atoms with Gasteiger partial charge in [-0.3, -0.25) is 4.79 Å². The van der Waals surface area contributed by atoms with Crippen molar-refractivity contribution >= 4 is 40.8 Å². The van der Waals surface area contributed by atoms with E-state index in [4.69, 9.17) is 21.3 Å². The Morgan fingerprint density at radius 1 is 0.923 bits per heavy atom. The molecule has 39 heavy (non-hydrogen) atoms. The van der Waals surface area contributed by atoms with E-state index in [1.54, 1.807) is 11.8 Å². The minimum absolute atomic E-state index is 0.0712. The molecule has 5 rings (SSSR count). The molecule has 0 N–H and O–H groups in total. The Kier molecular flexibility index (Phi) is 9.11. The predicted octanol–water partition coefficient (Wildman–Crippen LogP) is 4.54. The smallest absolute Gasteiger partial charge is 0.253 e. The number of aromatic nitrogens is 2. The molecule has 2 saturated heterocycles. The summed E-state index contributed by atoms with van der Waals surface area (Å²) in [4.78, 5) is 31.1. The molecule has 2 fully saturated rings. The molecule has 2 aliphatic heterocycles. The monoisotopic (exact) mass is 566 g/mol. The Hall–Kier alpha value is -3.01. The summed E-state index contributed by atoms with van der Waals surface area (Å²) in [5, 5.41) is 1.13. The van der Waals surface area contributed by atoms with Crippen molar-refractivity contribution in [1.29, 1.82) is 0 Å². The molecule has 0 bridgehead atoms. The zero-order valence-electron chi connectivity index (χ0n) is 22.6. The van der Waals surface area contributed by atoms with Crippen LogP contribution in [0.5, 0.6) is 5.75 Å². The molecule has 0 unspecified atom stereocenters. The Balaban J connectivity index is 1.15. The highest BCUT2D eigenvalue weighted by Gasteiger charge is 2.24. The maximum atomic E-state index is 13.2. The summed E-state index contributed by atoms with van der Waals surface area (Å²) >= 11 is 7.88. The van der Waals surface area contributed by atoms with Crippen molar-refractivity contribution in [1.82, 2.24) is 19.8 Å². The number of amides is 1. The van der Waals surface area contributed by atoms with E-state index in [0.717, 1.165) is 62.1 Å². The van der Waals surface area contributed by atoms with Crippen molar-refractivity contribution in [3.63, 3.8) is 0 Å². The van der Waals surface area contributed by atoms with Crippen LogP contribution in [0.3, 0.4) is 0 Å². The molecular weight excluding hydrogens is 532 g/mol. The van der Waals surface area contributed by atoms with Gasteiger partial charge in [0.15, 0.2) is 5.16 Å². The molecule has 3 heterocycles. The first kappa shape index (κ1) is 27.6. The van der Waals surface area contributed by atoms with E-state index in [0.29, 0.717) is 41.3 Å². The van der Waals surface area contributed by atoms with Crippen molar-refractivity contribution in [3.05, 3.63) is 70.9 Å². The molecular formula is C29H35ClN6O2S. The number of piperazine rings is 2. The second-order valence-electron chi connectivity index (χ2n) is 9.79. The van der Waals surface area contributed by atoms with E-state index in [-0.39, 0.29) is 5.91 Å². The van der Waals surface area contributed by atoms with Gasteiger partial charge in [-0.15, -0.1) is 0 Å². The fourth-order valence-electron chi connectivity index (χ4n) is 4.87. The highest BCUT2D eigenvalue weighted by Crippen LogP contribution is 2.29. The second kappa shape index (κ2) is 12.9. The number of hydrogen-bond donors (Lipinski definition) is 0. The van der Waals surface area contributed by atoms with Crippen LogP contribution in [0, 0.1) is 0 Å². The molecule has 0 aliphatic carbocycles. The summed E-state index contributed by atoms with van der Waals surface area (Å²) in [6.45, 7) is 9.41. The largest absolute Gasteiger partial charge is 0.492 e. The van der Waals surface area contributed by atoms with Gasteiger partial charge in [0.05, 0.1) is 12.3 Å². The Morgan fingerprint density at radius 3 is 2.33 bits per heavy atom. The molecule has 0 spiro atoms. The fraction of sp³-hybridized carbons (Fsp3) is 0.414. The van der Waals surface area contributed by atoms with Crippen LogP contribution in [0.15, 0.2) is 59.8 Å². The highest BCUT2D eigenvalue weighted by molar-refractivity contribution is 7.98. The Labute approximate surface area is 239 Å². The van der Waals surface area contributed by atoms with Crippen molar-refractivity contribution in [3.8, 4) is 5.75 Å². The van der Waals surface area contributed by atoms with Gasteiger partial charge in [-0.25, -0.2) is 9.97 Å². The van der Waals surface area contributed by atoms with Crippen LogP contribution in [-0.2, 0) is 5.75 Å². The van der Waals surface area contributed by atoms with Crippen LogP contribution in [0.2, 0.25) is 5.15 Å². The number of carbonyl (C=O) groups excluding carboxylic acids is 1. The molecule has 2 aromatic carbocycles. The highest BCUT2D eigenvalue weighted by atomic mass is 35.5. The molecule has 1 aromatic heterocycles. The molecule has 206 valence electrons. The Bertz CT molecular complexity index is 1260. The number of rotatable bonds is 8. The van der Waals surface area contributed by atoms with Crippen molar-refractivity contribution in [2.45, 2.75) is 17.8 Å². The predicted molar refractivity (Wildman–Crippen MR) is 158 cm³/mol. The lowest BCUT2D eigenvalue weighted by atomic mass is 10.1. The third kappa shape index (κ3) is 6.96. The number of halogens is 1. The van der Waals surface area contributed by atoms with E-state index >= 15 is 0 Å². The van der Waals surface area contributed by atoms with Gasteiger partial charge in [0.25, 0.3) is 5.91 Å². The van der Waals surface area contributed by atoms with Gasteiger partial charge in [0.1, 0.15) is 16.7 Å². The summed E-state index contributed by atoms with van der Waals surface area (Å²) in [6, 6.07) is 17.8. The summed E-state index contributed by atoms with van der Waals surface area (Å²) in [5.74, 6) is 2.55. The van der Waals surface area contributed by atoms with E-state index < -0.39 is 0 Å². The maximum absolute atomic E-state index is 13.2. The number of thioether (sulfide) groups is 1. The number of benzene rings is 2. The average molecular weight is 567 g/mol. The first-order valence-corrected chi connectivity index (χ1v) is 14.8. The number of likely N-dealkylation sites (N-methyl/N-ethyl adjacent to an activating group) is 1. The number of carbonyl (C=O) groups is 1. The zero-order valence-corrected chi connectivity index (χ0v) is 24.1. The standard InChI is InChI=1S/C29H35ClN6O2S/c1-3-38-25-7-5-4-6-24(25)34-16-18-36(19-17-34)28(37)23-10-8-22(9-11-23)21-39-29-31-26(30)20-27(32-29)35-14-12-33(2)13-15-35/h4-11,20H,3,12-19,21H2,1-2H3.